The number of rotatable bonds is 4. The minimum absolute atomic E-state index is 0.274. The Morgan fingerprint density at radius 2 is 1.47 bits per heavy atom. The Labute approximate surface area is 103 Å². The van der Waals surface area contributed by atoms with Crippen molar-refractivity contribution in [3.63, 3.8) is 0 Å². The summed E-state index contributed by atoms with van der Waals surface area (Å²) in [7, 11) is 0. The predicted octanol–water partition coefficient (Wildman–Crippen LogP) is 3.47. The van der Waals surface area contributed by atoms with Gasteiger partial charge in [0.05, 0.1) is 0 Å². The molecule has 0 N–H and O–H groups in total. The fourth-order valence-electron chi connectivity index (χ4n) is 2.04. The van der Waals surface area contributed by atoms with Crippen molar-refractivity contribution in [3.05, 3.63) is 33.9 Å². The van der Waals surface area contributed by atoms with E-state index in [1.807, 2.05) is 34.6 Å². The highest BCUT2D eigenvalue weighted by atomic mass is 16.2. The molecule has 17 heavy (non-hydrogen) atoms. The van der Waals surface area contributed by atoms with Gasteiger partial charge in [0.25, 0.3) is 0 Å². The number of benzene rings is 1. The molecular weight excluding hydrogens is 212 g/mol. The Morgan fingerprint density at radius 1 is 1.00 bits per heavy atom. The lowest BCUT2D eigenvalue weighted by Gasteiger charge is -2.13. The van der Waals surface area contributed by atoms with Crippen molar-refractivity contribution in [2.75, 3.05) is 0 Å². The standard InChI is InChI=1S/C15H20O2/c1-6-7-13(16)15(17)14-11(4)9(2)8-10(3)12(14)5/h8H,6-7H2,1-5H3. The van der Waals surface area contributed by atoms with Crippen LogP contribution in [-0.2, 0) is 4.79 Å². The van der Waals surface area contributed by atoms with Crippen LogP contribution in [0.3, 0.4) is 0 Å². The molecule has 0 aliphatic carbocycles. The van der Waals surface area contributed by atoms with Gasteiger partial charge in [-0.15, -0.1) is 0 Å². The molecule has 2 heteroatoms. The number of aryl methyl sites for hydroxylation is 2. The van der Waals surface area contributed by atoms with Gasteiger partial charge in [-0.2, -0.15) is 0 Å². The molecule has 2 nitrogen and oxygen atoms in total. The van der Waals surface area contributed by atoms with Gasteiger partial charge in [-0.25, -0.2) is 0 Å². The molecule has 0 heterocycles. The van der Waals surface area contributed by atoms with Gasteiger partial charge >= 0.3 is 0 Å². The fourth-order valence-corrected chi connectivity index (χ4v) is 2.04. The molecule has 0 bridgehead atoms. The van der Waals surface area contributed by atoms with Crippen molar-refractivity contribution in [1.82, 2.24) is 0 Å². The smallest absolute Gasteiger partial charge is 0.229 e. The summed E-state index contributed by atoms with van der Waals surface area (Å²) in [6, 6.07) is 2.06. The second-order valence-corrected chi connectivity index (χ2v) is 4.64. The number of carbonyl (C=O) groups is 2. The summed E-state index contributed by atoms with van der Waals surface area (Å²) in [5, 5.41) is 0. The first-order valence-electron chi connectivity index (χ1n) is 6.05. The molecule has 0 fully saturated rings. The van der Waals surface area contributed by atoms with E-state index in [0.717, 1.165) is 22.3 Å². The highest BCUT2D eigenvalue weighted by Crippen LogP contribution is 2.22. The van der Waals surface area contributed by atoms with E-state index in [2.05, 4.69) is 6.07 Å². The molecule has 0 saturated heterocycles. The van der Waals surface area contributed by atoms with Crippen LogP contribution in [0.5, 0.6) is 0 Å². The molecule has 0 radical (unpaired) electrons. The lowest BCUT2D eigenvalue weighted by atomic mass is 9.90. The van der Waals surface area contributed by atoms with Crippen molar-refractivity contribution in [2.45, 2.75) is 47.5 Å². The number of ketones is 2. The zero-order chi connectivity index (χ0) is 13.2. The molecule has 0 aromatic heterocycles. The van der Waals surface area contributed by atoms with Crippen LogP contribution in [0.25, 0.3) is 0 Å². The maximum Gasteiger partial charge on any atom is 0.229 e. The van der Waals surface area contributed by atoms with E-state index in [1.165, 1.54) is 0 Å². The molecule has 0 aliphatic rings. The van der Waals surface area contributed by atoms with E-state index >= 15 is 0 Å². The third kappa shape index (κ3) is 2.63. The van der Waals surface area contributed by atoms with Crippen molar-refractivity contribution in [1.29, 1.82) is 0 Å². The van der Waals surface area contributed by atoms with E-state index < -0.39 is 0 Å². The van der Waals surface area contributed by atoms with E-state index in [4.69, 9.17) is 0 Å². The van der Waals surface area contributed by atoms with Crippen molar-refractivity contribution in [3.8, 4) is 0 Å². The van der Waals surface area contributed by atoms with Crippen LogP contribution in [0.1, 0.15) is 52.4 Å². The maximum atomic E-state index is 12.1. The highest BCUT2D eigenvalue weighted by Gasteiger charge is 2.21. The average molecular weight is 232 g/mol. The zero-order valence-corrected chi connectivity index (χ0v) is 11.3. The van der Waals surface area contributed by atoms with Gasteiger partial charge in [0, 0.05) is 12.0 Å². The third-order valence-electron chi connectivity index (χ3n) is 3.32. The Kier molecular flexibility index (Phi) is 4.22. The fraction of sp³-hybridized carbons (Fsp3) is 0.467. The zero-order valence-electron chi connectivity index (χ0n) is 11.3. The van der Waals surface area contributed by atoms with Gasteiger partial charge in [-0.05, 0) is 56.4 Å². The number of Topliss-reactive ketones (excluding diaryl/α,β-unsaturated/α-hetero) is 2. The predicted molar refractivity (Wildman–Crippen MR) is 69.6 cm³/mol. The lowest BCUT2D eigenvalue weighted by Crippen LogP contribution is -2.17. The van der Waals surface area contributed by atoms with Gasteiger partial charge in [0.15, 0.2) is 0 Å². The van der Waals surface area contributed by atoms with E-state index in [1.54, 1.807) is 0 Å². The molecular formula is C15H20O2. The van der Waals surface area contributed by atoms with Crippen LogP contribution >= 0.6 is 0 Å². The maximum absolute atomic E-state index is 12.1. The summed E-state index contributed by atoms with van der Waals surface area (Å²) in [5.41, 5.74) is 4.62. The summed E-state index contributed by atoms with van der Waals surface area (Å²) >= 11 is 0. The number of hydrogen-bond acceptors (Lipinski definition) is 2. The molecule has 0 amide bonds. The highest BCUT2D eigenvalue weighted by molar-refractivity contribution is 6.44. The molecule has 1 aromatic rings. The summed E-state index contributed by atoms with van der Waals surface area (Å²) in [5.74, 6) is -0.600. The minimum Gasteiger partial charge on any atom is -0.290 e. The first kappa shape index (κ1) is 13.6. The molecule has 0 unspecified atom stereocenters. The normalized spacial score (nSPS) is 10.4. The summed E-state index contributed by atoms with van der Waals surface area (Å²) in [6.45, 7) is 9.68. The number of hydrogen-bond donors (Lipinski definition) is 0. The Balaban J connectivity index is 3.31. The Bertz CT molecular complexity index is 444. The molecule has 0 atom stereocenters. The monoisotopic (exact) mass is 232 g/mol. The van der Waals surface area contributed by atoms with Gasteiger partial charge in [-0.3, -0.25) is 9.59 Å². The first-order chi connectivity index (χ1) is 7.90. The van der Waals surface area contributed by atoms with Crippen molar-refractivity contribution in [2.24, 2.45) is 0 Å². The molecule has 1 aromatic carbocycles. The second-order valence-electron chi connectivity index (χ2n) is 4.64. The van der Waals surface area contributed by atoms with Crippen LogP contribution in [0.15, 0.2) is 6.07 Å². The van der Waals surface area contributed by atoms with E-state index in [-0.39, 0.29) is 11.6 Å². The summed E-state index contributed by atoms with van der Waals surface area (Å²) < 4.78 is 0. The van der Waals surface area contributed by atoms with Crippen molar-refractivity contribution < 1.29 is 9.59 Å². The van der Waals surface area contributed by atoms with Crippen molar-refractivity contribution >= 4 is 11.6 Å². The average Bonchev–Trinajstić information content (AvgIpc) is 2.27. The van der Waals surface area contributed by atoms with Crippen LogP contribution in [0.2, 0.25) is 0 Å². The van der Waals surface area contributed by atoms with Gasteiger partial charge in [0.2, 0.25) is 11.6 Å². The summed E-state index contributed by atoms with van der Waals surface area (Å²) in [4.78, 5) is 23.9. The van der Waals surface area contributed by atoms with Gasteiger partial charge in [-0.1, -0.05) is 13.0 Å². The van der Waals surface area contributed by atoms with E-state index in [0.29, 0.717) is 18.4 Å². The molecule has 0 aliphatic heterocycles. The quantitative estimate of drug-likeness (QED) is 0.588. The van der Waals surface area contributed by atoms with Crippen LogP contribution in [0.4, 0.5) is 0 Å². The number of carbonyl (C=O) groups excluding carboxylic acids is 2. The molecule has 0 saturated carbocycles. The molecule has 0 spiro atoms. The third-order valence-corrected chi connectivity index (χ3v) is 3.32. The van der Waals surface area contributed by atoms with Gasteiger partial charge in [0.1, 0.15) is 0 Å². The second kappa shape index (κ2) is 5.26. The largest absolute Gasteiger partial charge is 0.290 e. The summed E-state index contributed by atoms with van der Waals surface area (Å²) in [6.07, 6.45) is 1.05. The topological polar surface area (TPSA) is 34.1 Å². The van der Waals surface area contributed by atoms with Crippen LogP contribution in [0, 0.1) is 27.7 Å². The van der Waals surface area contributed by atoms with Gasteiger partial charge < -0.3 is 0 Å². The first-order valence-corrected chi connectivity index (χ1v) is 6.05. The minimum atomic E-state index is -0.325. The lowest BCUT2D eigenvalue weighted by molar-refractivity contribution is -0.115. The molecule has 92 valence electrons. The SMILES string of the molecule is CCCC(=O)C(=O)c1c(C)c(C)cc(C)c1C. The Morgan fingerprint density at radius 3 is 1.88 bits per heavy atom. The van der Waals surface area contributed by atoms with E-state index in [9.17, 15) is 9.59 Å². The van der Waals surface area contributed by atoms with Crippen LogP contribution < -0.4 is 0 Å². The Hall–Kier alpha value is -1.44. The van der Waals surface area contributed by atoms with Crippen LogP contribution in [-0.4, -0.2) is 11.6 Å². The molecule has 1 rings (SSSR count).